The molecule has 0 bridgehead atoms. The number of carbonyl (C=O) groups is 1. The van der Waals surface area contributed by atoms with Crippen LogP contribution in [0, 0.1) is 40.4 Å². The minimum absolute atomic E-state index is 0. The average molecular weight is 1010 g/mol. The van der Waals surface area contributed by atoms with Crippen LogP contribution in [0.2, 0.25) is 0 Å². The van der Waals surface area contributed by atoms with E-state index in [1.165, 1.54) is 6.07 Å². The molecule has 0 amide bonds. The molecule has 1 heterocycles. The number of hydrogen-bond acceptors (Lipinski definition) is 6. The zero-order chi connectivity index (χ0) is 43.6. The fourth-order valence-corrected chi connectivity index (χ4v) is 12.1. The Labute approximate surface area is 389 Å². The molecule has 6 nitrogen and oxygen atoms in total. The Morgan fingerprint density at radius 1 is 0.597 bits per heavy atom. The van der Waals surface area contributed by atoms with Gasteiger partial charge in [-0.25, -0.2) is 4.79 Å². The summed E-state index contributed by atoms with van der Waals surface area (Å²) < 4.78 is 69.8. The van der Waals surface area contributed by atoms with Crippen molar-refractivity contribution in [2.75, 3.05) is 0 Å². The fraction of sp³-hybridized carbons (Fsp3) is 0.0400. The second kappa shape index (κ2) is 21.1. The van der Waals surface area contributed by atoms with E-state index in [0.717, 1.165) is 31.8 Å². The Balaban J connectivity index is 0.000000175. The number of benzene rings is 7. The fourth-order valence-electron chi connectivity index (χ4n) is 6.77. The van der Waals surface area contributed by atoms with Crippen molar-refractivity contribution in [3.63, 3.8) is 0 Å². The molecule has 8 aromatic rings. The molecule has 62 heavy (non-hydrogen) atoms. The molecule has 0 aliphatic heterocycles. The first-order valence-electron chi connectivity index (χ1n) is 18.9. The van der Waals surface area contributed by atoms with Crippen molar-refractivity contribution in [1.82, 2.24) is 0 Å². The van der Waals surface area contributed by atoms with Gasteiger partial charge in [-0.15, -0.1) is 0 Å². The van der Waals surface area contributed by atoms with E-state index >= 15 is 0 Å². The normalized spacial score (nSPS) is 11.6. The van der Waals surface area contributed by atoms with Crippen LogP contribution in [0.3, 0.4) is 0 Å². The van der Waals surface area contributed by atoms with Crippen LogP contribution in [0.5, 0.6) is 5.75 Å². The van der Waals surface area contributed by atoms with Gasteiger partial charge in [0.05, 0.1) is 5.39 Å². The summed E-state index contributed by atoms with van der Waals surface area (Å²) in [6.45, 7) is 5.71. The van der Waals surface area contributed by atoms with Gasteiger partial charge in [-0.05, 0) is 18.4 Å². The quantitative estimate of drug-likeness (QED) is 0.0535. The Hall–Kier alpha value is -5.45. The maximum absolute atomic E-state index is 13.8. The summed E-state index contributed by atoms with van der Waals surface area (Å²) in [5, 5.41) is 16.0. The van der Waals surface area contributed by atoms with Gasteiger partial charge >= 0.3 is 11.8 Å². The predicted molar refractivity (Wildman–Crippen MR) is 242 cm³/mol. The van der Waals surface area contributed by atoms with Crippen LogP contribution in [-0.2, 0) is 9.13 Å². The maximum atomic E-state index is 13.8. The first-order chi connectivity index (χ1) is 29.3. The number of hydrogen-bond donors (Lipinski definition) is 1. The molecule has 0 aliphatic carbocycles. The molecule has 8 rings (SSSR count). The number of fused-ring (bicyclic) bond motifs is 3. The molecule has 0 atom stereocenters. The molecular formula is C50H39F3O6P2Sm. The van der Waals surface area contributed by atoms with Crippen molar-refractivity contribution in [2.45, 2.75) is 13.1 Å². The number of rotatable bonds is 8. The Kier molecular flexibility index (Phi) is 16.2. The maximum Gasteiger partial charge on any atom is 0.455 e. The molecule has 0 saturated carbocycles. The number of Topliss-reactive ketones (excluding diaryl/α,β-unsaturated/α-hetero) is 1. The van der Waals surface area contributed by atoms with Crippen molar-refractivity contribution in [3.05, 3.63) is 228 Å². The molecule has 0 unspecified atom stereocenters. The average Bonchev–Trinajstić information content (AvgIpc) is 3.30. The minimum atomic E-state index is -5.28. The molecule has 0 aliphatic rings. The molecule has 12 heteroatoms. The van der Waals surface area contributed by atoms with Crippen molar-refractivity contribution < 1.29 is 77.0 Å². The van der Waals surface area contributed by atoms with Crippen molar-refractivity contribution >= 4 is 68.3 Å². The summed E-state index contributed by atoms with van der Waals surface area (Å²) in [5.74, 6) is -3.46. The Morgan fingerprint density at radius 2 is 0.984 bits per heavy atom. The molecule has 0 saturated heterocycles. The third kappa shape index (κ3) is 10.1. The van der Waals surface area contributed by atoms with Gasteiger partial charge in [0.25, 0.3) is 5.78 Å². The van der Waals surface area contributed by atoms with Gasteiger partial charge in [0.2, 0.25) is 0 Å². The monoisotopic (exact) mass is 1010 g/mol. The van der Waals surface area contributed by atoms with E-state index < -0.39 is 43.2 Å². The number of carbonyl (C=O) groups excluding carboxylic acids is 1. The molecule has 7 aromatic carbocycles. The van der Waals surface area contributed by atoms with E-state index in [1.54, 1.807) is 36.4 Å². The van der Waals surface area contributed by atoms with Gasteiger partial charge in [0.15, 0.2) is 19.8 Å². The number of aromatic hydroxyl groups is 1. The first kappa shape index (κ1) is 47.6. The first-order valence-corrected chi connectivity index (χ1v) is 22.3. The third-order valence-electron chi connectivity index (χ3n) is 9.72. The standard InChI is InChI=1S/C18H15OP.C17H17OP.C15H7F3O4.Sm/c19-20(16-10-4-1-5-11-16,17-12-6-2-7-13-17)18-14-8-3-9-15-18;1-3-15(4-2)19(18,16-11-7-5-8-12-16)17-13-9-6-10-14-17;16-15(17,18)13(20)10-11(19)9-6-5-7-3-1-2-4-8(7)12(9)22-14(10)21;/h1-15H;3-14H,1H2,2H3;1-6,19H;/b;15-4+;;. The summed E-state index contributed by atoms with van der Waals surface area (Å²) in [4.78, 5) is 23.0. The SMILES string of the molecule is C=C/C(=C\C)P(=O)(c1ccccc1)c1ccccc1.O=C(c1c(O)c2ccc3ccccc3c2oc1=O)C(F)(F)F.O=P(c1ccccc1)(c1ccccc1)c1ccccc1.[Sm]. The summed E-state index contributed by atoms with van der Waals surface area (Å²) >= 11 is 0. The molecule has 0 radical (unpaired) electrons. The smallest absolute Gasteiger partial charge is 0.455 e. The van der Waals surface area contributed by atoms with Gasteiger partial charge in [0.1, 0.15) is 11.3 Å². The third-order valence-corrected chi connectivity index (χ3v) is 16.0. The van der Waals surface area contributed by atoms with Crippen LogP contribution >= 0.6 is 14.3 Å². The van der Waals surface area contributed by atoms with Crippen LogP contribution in [-0.4, -0.2) is 17.1 Å². The van der Waals surface area contributed by atoms with Crippen molar-refractivity contribution in [2.24, 2.45) is 0 Å². The van der Waals surface area contributed by atoms with Crippen LogP contribution < -0.4 is 32.1 Å². The second-order valence-electron chi connectivity index (χ2n) is 13.4. The van der Waals surface area contributed by atoms with Gasteiger partial charge in [-0.3, -0.25) is 4.79 Å². The molecule has 0 fully saturated rings. The van der Waals surface area contributed by atoms with E-state index in [2.05, 4.69) is 6.58 Å². The Bertz CT molecular complexity index is 2830. The van der Waals surface area contributed by atoms with E-state index in [1.807, 2.05) is 165 Å². The van der Waals surface area contributed by atoms with E-state index in [4.69, 9.17) is 4.42 Å². The topological polar surface area (TPSA) is 102 Å². The molecule has 1 aromatic heterocycles. The number of allylic oxidation sites excluding steroid dienone is 3. The van der Waals surface area contributed by atoms with Gasteiger partial charge in [-0.1, -0.05) is 201 Å². The number of halogens is 3. The molecule has 312 valence electrons. The number of alkyl halides is 3. The second-order valence-corrected chi connectivity index (χ2v) is 19.0. The van der Waals surface area contributed by atoms with Crippen LogP contribution in [0.1, 0.15) is 17.3 Å². The Morgan fingerprint density at radius 3 is 1.37 bits per heavy atom. The van der Waals surface area contributed by atoms with Crippen LogP contribution in [0.15, 0.2) is 221 Å². The predicted octanol–water partition coefficient (Wildman–Crippen LogP) is 10.8. The minimum Gasteiger partial charge on any atom is -0.506 e. The van der Waals surface area contributed by atoms with Crippen molar-refractivity contribution in [1.29, 1.82) is 0 Å². The van der Waals surface area contributed by atoms with E-state index in [9.17, 15) is 37.0 Å². The molecule has 1 N–H and O–H groups in total. The van der Waals surface area contributed by atoms with E-state index in [0.29, 0.717) is 10.8 Å². The van der Waals surface area contributed by atoms with Gasteiger partial charge in [0, 0.05) is 77.6 Å². The largest absolute Gasteiger partial charge is 0.506 e. The summed E-state index contributed by atoms with van der Waals surface area (Å²) in [5.41, 5.74) is -3.00. The molecule has 0 spiro atoms. The van der Waals surface area contributed by atoms with Gasteiger partial charge in [-0.2, -0.15) is 13.2 Å². The summed E-state index contributed by atoms with van der Waals surface area (Å²) in [6.07, 6.45) is -1.70. The van der Waals surface area contributed by atoms with Gasteiger partial charge < -0.3 is 18.7 Å². The number of ketones is 1. The van der Waals surface area contributed by atoms with Crippen molar-refractivity contribution in [3.8, 4) is 5.75 Å². The summed E-state index contributed by atoms with van der Waals surface area (Å²) in [6, 6.07) is 57.9. The van der Waals surface area contributed by atoms with Crippen LogP contribution in [0.25, 0.3) is 21.7 Å². The zero-order valence-electron chi connectivity index (χ0n) is 33.2. The molecular weight excluding hydrogens is 966 g/mol. The van der Waals surface area contributed by atoms with Crippen LogP contribution in [0.4, 0.5) is 13.2 Å². The zero-order valence-corrected chi connectivity index (χ0v) is 37.6. The summed E-state index contributed by atoms with van der Waals surface area (Å²) in [7, 11) is -5.57. The van der Waals surface area contributed by atoms with E-state index in [-0.39, 0.29) is 51.4 Å².